The molecule has 0 fully saturated rings. The summed E-state index contributed by atoms with van der Waals surface area (Å²) in [5, 5.41) is 1.66. The quantitative estimate of drug-likeness (QED) is 0.235. The molecule has 0 saturated heterocycles. The Morgan fingerprint density at radius 1 is 0.605 bits per heavy atom. The SMILES string of the molecule is CN1C(=O)c2cccc3c(-c4ccc5c(c4)C(C)(C)c4ccccc4N5c4ccccc4)ccc(c23)C1=O. The number of fused-ring (bicyclic) bond motifs is 2. The van der Waals surface area contributed by atoms with Crippen LogP contribution in [0.3, 0.4) is 0 Å². The second-order valence-corrected chi connectivity index (χ2v) is 10.6. The van der Waals surface area contributed by atoms with Crippen LogP contribution in [0.25, 0.3) is 21.9 Å². The van der Waals surface area contributed by atoms with Crippen molar-refractivity contribution in [2.75, 3.05) is 11.9 Å². The molecule has 0 unspecified atom stereocenters. The molecule has 5 aromatic carbocycles. The Hall–Kier alpha value is -4.70. The molecule has 0 bridgehead atoms. The van der Waals surface area contributed by atoms with Gasteiger partial charge in [-0.1, -0.05) is 74.5 Å². The van der Waals surface area contributed by atoms with Crippen molar-refractivity contribution in [3.8, 4) is 11.1 Å². The van der Waals surface area contributed by atoms with Gasteiger partial charge in [0.05, 0.1) is 11.4 Å². The predicted octanol–water partition coefficient (Wildman–Crippen LogP) is 7.84. The van der Waals surface area contributed by atoms with Crippen molar-refractivity contribution in [1.82, 2.24) is 4.90 Å². The molecule has 0 N–H and O–H groups in total. The molecule has 4 nitrogen and oxygen atoms in total. The van der Waals surface area contributed by atoms with Gasteiger partial charge in [-0.05, 0) is 70.1 Å². The van der Waals surface area contributed by atoms with Crippen LogP contribution in [0.5, 0.6) is 0 Å². The van der Waals surface area contributed by atoms with Crippen molar-refractivity contribution in [2.24, 2.45) is 0 Å². The highest BCUT2D eigenvalue weighted by Gasteiger charge is 2.37. The lowest BCUT2D eigenvalue weighted by atomic mass is 9.72. The first-order chi connectivity index (χ1) is 18.4. The van der Waals surface area contributed by atoms with E-state index in [-0.39, 0.29) is 17.2 Å². The number of nitrogens with zero attached hydrogens (tertiary/aromatic N) is 2. The third kappa shape index (κ3) is 2.97. The number of benzene rings is 5. The van der Waals surface area contributed by atoms with Crippen molar-refractivity contribution >= 4 is 39.6 Å². The first-order valence-electron chi connectivity index (χ1n) is 12.9. The van der Waals surface area contributed by atoms with E-state index < -0.39 is 0 Å². The summed E-state index contributed by atoms with van der Waals surface area (Å²) >= 11 is 0. The van der Waals surface area contributed by atoms with Gasteiger partial charge in [0.25, 0.3) is 11.8 Å². The van der Waals surface area contributed by atoms with Crippen molar-refractivity contribution in [1.29, 1.82) is 0 Å². The van der Waals surface area contributed by atoms with Gasteiger partial charge in [0.2, 0.25) is 0 Å². The van der Waals surface area contributed by atoms with Crippen LogP contribution >= 0.6 is 0 Å². The van der Waals surface area contributed by atoms with E-state index in [4.69, 9.17) is 0 Å². The maximum atomic E-state index is 12.9. The van der Waals surface area contributed by atoms with E-state index in [1.54, 1.807) is 7.05 Å². The van der Waals surface area contributed by atoms with Crippen LogP contribution < -0.4 is 4.90 Å². The van der Waals surface area contributed by atoms with Gasteiger partial charge in [-0.15, -0.1) is 0 Å². The smallest absolute Gasteiger partial charge is 0.261 e. The summed E-state index contributed by atoms with van der Waals surface area (Å²) in [5.74, 6) is -0.515. The lowest BCUT2D eigenvalue weighted by molar-refractivity contribution is 0.0650. The number of para-hydroxylation sites is 2. The zero-order valence-electron chi connectivity index (χ0n) is 21.5. The van der Waals surface area contributed by atoms with Gasteiger partial charge in [0, 0.05) is 34.7 Å². The summed E-state index contributed by atoms with van der Waals surface area (Å²) in [4.78, 5) is 29.4. The highest BCUT2D eigenvalue weighted by molar-refractivity contribution is 6.26. The largest absolute Gasteiger partial charge is 0.310 e. The molecular formula is C34H26N2O2. The summed E-state index contributed by atoms with van der Waals surface area (Å²) in [7, 11) is 1.54. The Morgan fingerprint density at radius 3 is 2.05 bits per heavy atom. The standard InChI is InChI=1S/C34H26N2O2/c1-34(2)27-14-7-8-15-29(27)36(22-10-5-4-6-11-22)30-19-16-21(20-28(30)34)23-17-18-26-31-24(23)12-9-13-25(31)32(37)35(3)33(26)38/h4-20H,1-3H3. The highest BCUT2D eigenvalue weighted by atomic mass is 16.2. The fourth-order valence-corrected chi connectivity index (χ4v) is 6.19. The molecule has 0 aliphatic carbocycles. The van der Waals surface area contributed by atoms with E-state index in [1.807, 2.05) is 36.4 Å². The fraction of sp³-hybridized carbons (Fsp3) is 0.118. The van der Waals surface area contributed by atoms with Gasteiger partial charge in [-0.25, -0.2) is 0 Å². The molecular weight excluding hydrogens is 468 g/mol. The number of hydrogen-bond acceptors (Lipinski definition) is 3. The molecule has 0 radical (unpaired) electrons. The first kappa shape index (κ1) is 22.5. The summed E-state index contributed by atoms with van der Waals surface area (Å²) in [6.45, 7) is 4.56. The van der Waals surface area contributed by atoms with Crippen LogP contribution in [-0.4, -0.2) is 23.8 Å². The minimum atomic E-state index is -0.257. The van der Waals surface area contributed by atoms with E-state index in [1.165, 1.54) is 21.7 Å². The summed E-state index contributed by atoms with van der Waals surface area (Å²) < 4.78 is 0. The van der Waals surface area contributed by atoms with Crippen LogP contribution in [0, 0.1) is 0 Å². The molecule has 184 valence electrons. The number of rotatable bonds is 2. The van der Waals surface area contributed by atoms with Gasteiger partial charge in [0.1, 0.15) is 0 Å². The third-order valence-corrected chi connectivity index (χ3v) is 8.17. The van der Waals surface area contributed by atoms with Crippen LogP contribution in [-0.2, 0) is 5.41 Å². The average molecular weight is 495 g/mol. The third-order valence-electron chi connectivity index (χ3n) is 8.17. The zero-order chi connectivity index (χ0) is 26.2. The maximum Gasteiger partial charge on any atom is 0.261 e. The lowest BCUT2D eigenvalue weighted by Crippen LogP contribution is -2.36. The van der Waals surface area contributed by atoms with Gasteiger partial charge in [-0.3, -0.25) is 14.5 Å². The van der Waals surface area contributed by atoms with Crippen LogP contribution in [0.1, 0.15) is 45.7 Å². The summed E-state index contributed by atoms with van der Waals surface area (Å²) in [6.07, 6.45) is 0. The monoisotopic (exact) mass is 494 g/mol. The molecule has 0 saturated carbocycles. The molecule has 5 aromatic rings. The van der Waals surface area contributed by atoms with Gasteiger partial charge < -0.3 is 4.90 Å². The molecule has 4 heteroatoms. The maximum absolute atomic E-state index is 12.9. The average Bonchev–Trinajstić information content (AvgIpc) is 2.95. The Kier molecular flexibility index (Phi) is 4.67. The Morgan fingerprint density at radius 2 is 1.26 bits per heavy atom. The highest BCUT2D eigenvalue weighted by Crippen LogP contribution is 2.52. The van der Waals surface area contributed by atoms with Gasteiger partial charge in [-0.2, -0.15) is 0 Å². The summed E-state index contributed by atoms with van der Waals surface area (Å²) in [5.41, 5.74) is 8.94. The molecule has 0 atom stereocenters. The second-order valence-electron chi connectivity index (χ2n) is 10.6. The number of anilines is 3. The second kappa shape index (κ2) is 7.90. The number of carbonyl (C=O) groups is 2. The van der Waals surface area contributed by atoms with E-state index in [0.29, 0.717) is 11.1 Å². The number of carbonyl (C=O) groups excluding carboxylic acids is 2. The molecule has 2 heterocycles. The molecule has 2 aliphatic rings. The number of amides is 2. The van der Waals surface area contributed by atoms with Crippen LogP contribution in [0.2, 0.25) is 0 Å². The zero-order valence-corrected chi connectivity index (χ0v) is 21.5. The minimum Gasteiger partial charge on any atom is -0.310 e. The van der Waals surface area contributed by atoms with Crippen LogP contribution in [0.15, 0.2) is 103 Å². The van der Waals surface area contributed by atoms with Crippen molar-refractivity contribution in [2.45, 2.75) is 19.3 Å². The Labute approximate surface area is 221 Å². The number of imide groups is 1. The summed E-state index contributed by atoms with van der Waals surface area (Å²) in [6, 6.07) is 35.3. The van der Waals surface area contributed by atoms with Crippen molar-refractivity contribution < 1.29 is 9.59 Å². The fourth-order valence-electron chi connectivity index (χ4n) is 6.19. The van der Waals surface area contributed by atoms with Gasteiger partial charge >= 0.3 is 0 Å². The Bertz CT molecular complexity index is 1780. The normalized spacial score (nSPS) is 15.4. The first-order valence-corrected chi connectivity index (χ1v) is 12.9. The van der Waals surface area contributed by atoms with Crippen LogP contribution in [0.4, 0.5) is 17.1 Å². The molecule has 7 rings (SSSR count). The van der Waals surface area contributed by atoms with Gasteiger partial charge in [0.15, 0.2) is 0 Å². The molecule has 0 aromatic heterocycles. The van der Waals surface area contributed by atoms with E-state index in [2.05, 4.69) is 85.5 Å². The molecule has 38 heavy (non-hydrogen) atoms. The topological polar surface area (TPSA) is 40.6 Å². The minimum absolute atomic E-state index is 0.228. The molecule has 0 spiro atoms. The van der Waals surface area contributed by atoms with E-state index in [0.717, 1.165) is 33.3 Å². The lowest BCUT2D eigenvalue weighted by Gasteiger charge is -2.42. The van der Waals surface area contributed by atoms with Crippen molar-refractivity contribution in [3.63, 3.8) is 0 Å². The van der Waals surface area contributed by atoms with E-state index >= 15 is 0 Å². The van der Waals surface area contributed by atoms with Crippen molar-refractivity contribution in [3.05, 3.63) is 125 Å². The number of hydrogen-bond donors (Lipinski definition) is 0. The predicted molar refractivity (Wildman–Crippen MR) is 153 cm³/mol. The molecule has 2 amide bonds. The Balaban J connectivity index is 1.47. The molecule has 2 aliphatic heterocycles. The van der Waals surface area contributed by atoms with E-state index in [9.17, 15) is 9.59 Å².